The molecular formula is C22H28N4O3. The quantitative estimate of drug-likeness (QED) is 0.517. The van der Waals surface area contributed by atoms with Crippen molar-refractivity contribution in [2.75, 3.05) is 25.5 Å². The van der Waals surface area contributed by atoms with E-state index in [2.05, 4.69) is 20.9 Å². The van der Waals surface area contributed by atoms with E-state index in [9.17, 15) is 4.79 Å². The van der Waals surface area contributed by atoms with Crippen LogP contribution in [0.15, 0.2) is 53.5 Å². The van der Waals surface area contributed by atoms with Crippen molar-refractivity contribution in [3.05, 3.63) is 54.1 Å². The Morgan fingerprint density at radius 2 is 1.83 bits per heavy atom. The first-order valence-corrected chi connectivity index (χ1v) is 9.78. The molecule has 0 radical (unpaired) electrons. The summed E-state index contributed by atoms with van der Waals surface area (Å²) in [5.41, 5.74) is 1.88. The molecule has 1 aliphatic rings. The van der Waals surface area contributed by atoms with Crippen molar-refractivity contribution in [1.82, 2.24) is 10.6 Å². The van der Waals surface area contributed by atoms with Gasteiger partial charge in [0, 0.05) is 25.2 Å². The molecule has 0 bridgehead atoms. The molecule has 3 rings (SSSR count). The van der Waals surface area contributed by atoms with E-state index in [1.54, 1.807) is 7.05 Å². The normalized spacial score (nSPS) is 15.7. The van der Waals surface area contributed by atoms with E-state index >= 15 is 0 Å². The minimum atomic E-state index is -0.0905. The molecule has 1 atom stereocenters. The summed E-state index contributed by atoms with van der Waals surface area (Å²) in [6.07, 6.45) is -0.0905. The first-order chi connectivity index (χ1) is 14.0. The second kappa shape index (κ2) is 9.82. The third-order valence-corrected chi connectivity index (χ3v) is 4.49. The van der Waals surface area contributed by atoms with E-state index < -0.39 is 0 Å². The summed E-state index contributed by atoms with van der Waals surface area (Å²) < 4.78 is 11.7. The Balaban J connectivity index is 1.44. The van der Waals surface area contributed by atoms with Gasteiger partial charge in [0.15, 0.2) is 17.5 Å². The van der Waals surface area contributed by atoms with Crippen molar-refractivity contribution in [2.45, 2.75) is 26.5 Å². The van der Waals surface area contributed by atoms with Gasteiger partial charge in [-0.1, -0.05) is 38.1 Å². The van der Waals surface area contributed by atoms with Gasteiger partial charge in [-0.25, -0.2) is 0 Å². The fourth-order valence-corrected chi connectivity index (χ4v) is 2.77. The van der Waals surface area contributed by atoms with Gasteiger partial charge in [0.1, 0.15) is 12.7 Å². The van der Waals surface area contributed by atoms with Crippen LogP contribution in [0.2, 0.25) is 0 Å². The summed E-state index contributed by atoms with van der Waals surface area (Å²) in [6.45, 7) is 5.42. The summed E-state index contributed by atoms with van der Waals surface area (Å²) in [5, 5.41) is 9.43. The number of carbonyl (C=O) groups is 1. The van der Waals surface area contributed by atoms with Crippen LogP contribution in [0.4, 0.5) is 5.69 Å². The van der Waals surface area contributed by atoms with E-state index in [1.807, 2.05) is 62.4 Å². The van der Waals surface area contributed by atoms with Crippen LogP contribution in [0.3, 0.4) is 0 Å². The van der Waals surface area contributed by atoms with Crippen molar-refractivity contribution < 1.29 is 14.3 Å². The first-order valence-electron chi connectivity index (χ1n) is 9.78. The fourth-order valence-electron chi connectivity index (χ4n) is 2.77. The van der Waals surface area contributed by atoms with Crippen LogP contribution in [0, 0.1) is 5.92 Å². The minimum absolute atomic E-state index is 0.0111. The van der Waals surface area contributed by atoms with Crippen molar-refractivity contribution in [3.63, 3.8) is 0 Å². The molecule has 1 amide bonds. The van der Waals surface area contributed by atoms with Crippen LogP contribution >= 0.6 is 0 Å². The van der Waals surface area contributed by atoms with Crippen LogP contribution in [-0.2, 0) is 11.3 Å². The van der Waals surface area contributed by atoms with Gasteiger partial charge in [-0.15, -0.1) is 0 Å². The molecule has 2 aromatic carbocycles. The number of amides is 1. The molecule has 2 aromatic rings. The van der Waals surface area contributed by atoms with Gasteiger partial charge in [-0.2, -0.15) is 0 Å². The van der Waals surface area contributed by atoms with Crippen molar-refractivity contribution in [3.8, 4) is 11.5 Å². The molecule has 1 heterocycles. The molecule has 0 spiro atoms. The van der Waals surface area contributed by atoms with Gasteiger partial charge in [0.05, 0.1) is 6.54 Å². The Morgan fingerprint density at radius 1 is 1.10 bits per heavy atom. The van der Waals surface area contributed by atoms with Gasteiger partial charge < -0.3 is 25.4 Å². The number of ether oxygens (including phenoxy) is 2. The smallest absolute Gasteiger partial charge is 0.226 e. The predicted molar refractivity (Wildman–Crippen MR) is 114 cm³/mol. The summed E-state index contributed by atoms with van der Waals surface area (Å²) in [6, 6.07) is 15.4. The highest BCUT2D eigenvalue weighted by atomic mass is 16.6. The summed E-state index contributed by atoms with van der Waals surface area (Å²) >= 11 is 0. The number of hydrogen-bond acceptors (Lipinski definition) is 4. The topological polar surface area (TPSA) is 84.0 Å². The molecule has 7 heteroatoms. The highest BCUT2D eigenvalue weighted by Crippen LogP contribution is 2.30. The Hall–Kier alpha value is -3.22. The van der Waals surface area contributed by atoms with Crippen LogP contribution in [0.1, 0.15) is 19.4 Å². The maximum atomic E-state index is 11.8. The molecule has 3 N–H and O–H groups in total. The van der Waals surface area contributed by atoms with Gasteiger partial charge >= 0.3 is 0 Å². The molecule has 0 saturated carbocycles. The van der Waals surface area contributed by atoms with E-state index in [0.29, 0.717) is 25.7 Å². The Labute approximate surface area is 171 Å². The number of fused-ring (bicyclic) bond motifs is 1. The van der Waals surface area contributed by atoms with Crippen LogP contribution in [0.25, 0.3) is 0 Å². The predicted octanol–water partition coefficient (Wildman–Crippen LogP) is 2.79. The van der Waals surface area contributed by atoms with Gasteiger partial charge in [0.25, 0.3) is 0 Å². The number of carbonyl (C=O) groups excluding carboxylic acids is 1. The maximum Gasteiger partial charge on any atom is 0.226 e. The third kappa shape index (κ3) is 5.88. The molecule has 7 nitrogen and oxygen atoms in total. The van der Waals surface area contributed by atoms with Crippen LogP contribution < -0.4 is 25.4 Å². The summed E-state index contributed by atoms with van der Waals surface area (Å²) in [7, 11) is 1.73. The largest absolute Gasteiger partial charge is 0.486 e. The van der Waals surface area contributed by atoms with Crippen molar-refractivity contribution in [2.24, 2.45) is 10.9 Å². The lowest BCUT2D eigenvalue weighted by Crippen LogP contribution is -2.45. The lowest BCUT2D eigenvalue weighted by Gasteiger charge is -2.27. The lowest BCUT2D eigenvalue weighted by atomic mass is 10.1. The van der Waals surface area contributed by atoms with E-state index in [4.69, 9.17) is 9.47 Å². The third-order valence-electron chi connectivity index (χ3n) is 4.49. The van der Waals surface area contributed by atoms with Crippen molar-refractivity contribution >= 4 is 17.6 Å². The number of aliphatic imine (C=N–C) groups is 1. The summed E-state index contributed by atoms with van der Waals surface area (Å²) in [5.74, 6) is 2.19. The number of para-hydroxylation sites is 2. The average molecular weight is 396 g/mol. The lowest BCUT2D eigenvalue weighted by molar-refractivity contribution is -0.118. The maximum absolute atomic E-state index is 11.8. The number of rotatable bonds is 6. The second-order valence-corrected chi connectivity index (χ2v) is 7.15. The van der Waals surface area contributed by atoms with Crippen LogP contribution in [0.5, 0.6) is 11.5 Å². The van der Waals surface area contributed by atoms with Crippen molar-refractivity contribution in [1.29, 1.82) is 0 Å². The second-order valence-electron chi connectivity index (χ2n) is 7.15. The molecule has 1 aliphatic heterocycles. The fraction of sp³-hybridized carbons (Fsp3) is 0.364. The molecule has 0 saturated heterocycles. The van der Waals surface area contributed by atoms with E-state index in [1.165, 1.54) is 0 Å². The standard InChI is InChI=1S/C22H28N4O3/c1-15(2)21(27)26-17-10-8-16(9-11-17)12-24-22(23-3)25-13-18-14-28-19-6-4-5-7-20(19)29-18/h4-11,15,18H,12-14H2,1-3H3,(H,26,27)(H2,23,24,25). The van der Waals surface area contributed by atoms with Gasteiger partial charge in [-0.05, 0) is 29.8 Å². The molecular weight excluding hydrogens is 368 g/mol. The number of benzene rings is 2. The highest BCUT2D eigenvalue weighted by molar-refractivity contribution is 5.92. The van der Waals surface area contributed by atoms with Crippen LogP contribution in [-0.4, -0.2) is 38.2 Å². The first kappa shape index (κ1) is 20.5. The number of hydrogen-bond donors (Lipinski definition) is 3. The highest BCUT2D eigenvalue weighted by Gasteiger charge is 2.20. The molecule has 154 valence electrons. The average Bonchev–Trinajstić information content (AvgIpc) is 2.74. The zero-order chi connectivity index (χ0) is 20.6. The number of nitrogens with one attached hydrogen (secondary N) is 3. The molecule has 1 unspecified atom stereocenters. The Bertz CT molecular complexity index is 849. The zero-order valence-electron chi connectivity index (χ0n) is 17.1. The Kier molecular flexibility index (Phi) is 6.94. The number of nitrogens with zero attached hydrogens (tertiary/aromatic N) is 1. The molecule has 29 heavy (non-hydrogen) atoms. The van der Waals surface area contributed by atoms with E-state index in [-0.39, 0.29) is 17.9 Å². The SMILES string of the molecule is CN=C(NCc1ccc(NC(=O)C(C)C)cc1)NCC1COc2ccccc2O1. The number of anilines is 1. The molecule has 0 aromatic heterocycles. The molecule has 0 aliphatic carbocycles. The minimum Gasteiger partial charge on any atom is -0.486 e. The van der Waals surface area contributed by atoms with Gasteiger partial charge in [0.2, 0.25) is 5.91 Å². The zero-order valence-corrected chi connectivity index (χ0v) is 17.1. The molecule has 0 fully saturated rings. The Morgan fingerprint density at radius 3 is 2.52 bits per heavy atom. The summed E-state index contributed by atoms with van der Waals surface area (Å²) in [4.78, 5) is 16.0. The monoisotopic (exact) mass is 396 g/mol. The van der Waals surface area contributed by atoms with E-state index in [0.717, 1.165) is 22.7 Å². The number of guanidine groups is 1. The van der Waals surface area contributed by atoms with Gasteiger partial charge in [-0.3, -0.25) is 9.79 Å².